The fourth-order valence-corrected chi connectivity index (χ4v) is 5.86. The first-order chi connectivity index (χ1) is 17.6. The van der Waals surface area contributed by atoms with Crippen molar-refractivity contribution in [2.24, 2.45) is 0 Å². The molecule has 1 fully saturated rings. The number of rotatable bonds is 5. The molecule has 2 N–H and O–H groups in total. The Labute approximate surface area is 210 Å². The Morgan fingerprint density at radius 2 is 1.78 bits per heavy atom. The number of nitrogens with zero attached hydrogens (tertiary/aromatic N) is 3. The number of halogens is 3. The van der Waals surface area contributed by atoms with E-state index in [1.165, 1.54) is 6.33 Å². The summed E-state index contributed by atoms with van der Waals surface area (Å²) in [7, 11) is -4.21. The first-order valence-electron chi connectivity index (χ1n) is 11.4. The molecule has 0 spiro atoms. The summed E-state index contributed by atoms with van der Waals surface area (Å²) in [6, 6.07) is 9.79. The van der Waals surface area contributed by atoms with Crippen molar-refractivity contribution >= 4 is 21.5 Å². The number of anilines is 2. The van der Waals surface area contributed by atoms with E-state index >= 15 is 0 Å². The molecular formula is C24H23F3N4O5S. The van der Waals surface area contributed by atoms with Crippen LogP contribution >= 0.6 is 0 Å². The minimum Gasteiger partial charge on any atom is -0.406 e. The van der Waals surface area contributed by atoms with Gasteiger partial charge in [0.1, 0.15) is 17.9 Å². The van der Waals surface area contributed by atoms with Crippen LogP contribution in [0.4, 0.5) is 24.7 Å². The summed E-state index contributed by atoms with van der Waals surface area (Å²) in [5.41, 5.74) is 2.75. The second-order valence-electron chi connectivity index (χ2n) is 8.71. The van der Waals surface area contributed by atoms with Crippen molar-refractivity contribution in [2.75, 3.05) is 18.1 Å². The number of sulfonamides is 1. The highest BCUT2D eigenvalue weighted by molar-refractivity contribution is 7.89. The van der Waals surface area contributed by atoms with Crippen LogP contribution in [0.2, 0.25) is 0 Å². The molecule has 196 valence electrons. The van der Waals surface area contributed by atoms with E-state index in [4.69, 9.17) is 4.74 Å². The number of hydrogen-bond donors (Lipinski definition) is 2. The zero-order valence-electron chi connectivity index (χ0n) is 19.3. The molecular weight excluding hydrogens is 513 g/mol. The van der Waals surface area contributed by atoms with Gasteiger partial charge in [-0.25, -0.2) is 23.1 Å². The summed E-state index contributed by atoms with van der Waals surface area (Å²) in [6.45, 7) is 0.0128. The number of para-hydroxylation sites is 1. The molecule has 5 rings (SSSR count). The normalized spacial score (nSPS) is 22.1. The minimum atomic E-state index is -4.90. The van der Waals surface area contributed by atoms with Gasteiger partial charge in [0.05, 0.1) is 36.3 Å². The number of aliphatic hydroxyl groups excluding tert-OH is 1. The number of ether oxygens (including phenoxy) is 2. The molecule has 3 atom stereocenters. The molecule has 0 bridgehead atoms. The summed E-state index contributed by atoms with van der Waals surface area (Å²) in [4.78, 5) is 10.2. The van der Waals surface area contributed by atoms with E-state index in [2.05, 4.69) is 19.4 Å². The Kier molecular flexibility index (Phi) is 6.79. The fraction of sp³-hybridized carbons (Fsp3) is 0.333. The van der Waals surface area contributed by atoms with Gasteiger partial charge in [-0.15, -0.1) is 13.2 Å². The largest absolute Gasteiger partial charge is 0.573 e. The average molecular weight is 537 g/mol. The Morgan fingerprint density at radius 1 is 1.05 bits per heavy atom. The molecule has 2 aliphatic heterocycles. The number of alkyl halides is 3. The highest BCUT2D eigenvalue weighted by Crippen LogP contribution is 2.38. The van der Waals surface area contributed by atoms with Crippen molar-refractivity contribution in [2.45, 2.75) is 42.3 Å². The summed E-state index contributed by atoms with van der Waals surface area (Å²) in [5.74, 6) is 0.0596. The van der Waals surface area contributed by atoms with Crippen LogP contribution in [0.1, 0.15) is 11.1 Å². The molecule has 3 heterocycles. The lowest BCUT2D eigenvalue weighted by molar-refractivity contribution is -0.274. The average Bonchev–Trinajstić information content (AvgIpc) is 3.02. The van der Waals surface area contributed by atoms with Crippen LogP contribution in [0.5, 0.6) is 5.75 Å². The summed E-state index contributed by atoms with van der Waals surface area (Å²) in [6.07, 6.45) is -1.53. The Morgan fingerprint density at radius 3 is 2.54 bits per heavy atom. The molecule has 1 unspecified atom stereocenters. The smallest absolute Gasteiger partial charge is 0.406 e. The number of aryl methyl sites for hydroxylation is 2. The maximum absolute atomic E-state index is 13.0. The monoisotopic (exact) mass is 536 g/mol. The molecule has 37 heavy (non-hydrogen) atoms. The molecule has 0 radical (unpaired) electrons. The SMILES string of the molecule is O=S(=O)(N[C@H]1COCC(N2c3ccccc3CCc3cncnc32)[C@H]1O)c1ccc(OC(F)(F)F)cc1. The lowest BCUT2D eigenvalue weighted by Gasteiger charge is -2.42. The van der Waals surface area contributed by atoms with Gasteiger partial charge in [0.25, 0.3) is 0 Å². The Bertz CT molecular complexity index is 1320. The van der Waals surface area contributed by atoms with Crippen LogP contribution in [-0.4, -0.2) is 61.3 Å². The molecule has 0 aliphatic carbocycles. The molecule has 1 aromatic heterocycles. The van der Waals surface area contributed by atoms with Gasteiger partial charge in [-0.1, -0.05) is 18.2 Å². The summed E-state index contributed by atoms with van der Waals surface area (Å²) in [5, 5.41) is 11.4. The van der Waals surface area contributed by atoms with Crippen molar-refractivity contribution < 1.29 is 36.2 Å². The molecule has 0 saturated carbocycles. The van der Waals surface area contributed by atoms with Crippen molar-refractivity contribution in [1.29, 1.82) is 0 Å². The Balaban J connectivity index is 1.41. The molecule has 0 amide bonds. The number of aromatic nitrogens is 2. The van der Waals surface area contributed by atoms with E-state index in [-0.39, 0.29) is 18.1 Å². The Hall–Kier alpha value is -3.26. The van der Waals surface area contributed by atoms with E-state index in [1.54, 1.807) is 6.20 Å². The van der Waals surface area contributed by atoms with Gasteiger partial charge in [-0.2, -0.15) is 0 Å². The summed E-state index contributed by atoms with van der Waals surface area (Å²) < 4.78 is 75.2. The highest BCUT2D eigenvalue weighted by atomic mass is 32.2. The zero-order valence-corrected chi connectivity index (χ0v) is 20.1. The van der Waals surface area contributed by atoms with Crippen LogP contribution in [0.15, 0.2) is 66.0 Å². The topological polar surface area (TPSA) is 114 Å². The summed E-state index contributed by atoms with van der Waals surface area (Å²) >= 11 is 0. The highest BCUT2D eigenvalue weighted by Gasteiger charge is 2.41. The van der Waals surface area contributed by atoms with E-state index < -0.39 is 40.3 Å². The second kappa shape index (κ2) is 9.89. The van der Waals surface area contributed by atoms with Gasteiger partial charge < -0.3 is 19.5 Å². The number of benzene rings is 2. The first kappa shape index (κ1) is 25.4. The van der Waals surface area contributed by atoms with Crippen molar-refractivity contribution in [3.63, 3.8) is 0 Å². The van der Waals surface area contributed by atoms with Crippen LogP contribution in [0.3, 0.4) is 0 Å². The minimum absolute atomic E-state index is 0.0989. The fourth-order valence-electron chi connectivity index (χ4n) is 4.62. The van der Waals surface area contributed by atoms with Crippen molar-refractivity contribution in [1.82, 2.24) is 14.7 Å². The van der Waals surface area contributed by atoms with Crippen molar-refractivity contribution in [3.05, 3.63) is 72.2 Å². The van der Waals surface area contributed by atoms with Gasteiger partial charge in [-0.3, -0.25) is 0 Å². The maximum Gasteiger partial charge on any atom is 0.573 e. The zero-order chi connectivity index (χ0) is 26.2. The predicted octanol–water partition coefficient (Wildman–Crippen LogP) is 2.72. The van der Waals surface area contributed by atoms with Gasteiger partial charge in [0, 0.05) is 17.4 Å². The van der Waals surface area contributed by atoms with Gasteiger partial charge in [0.2, 0.25) is 10.0 Å². The van der Waals surface area contributed by atoms with Crippen LogP contribution in [0.25, 0.3) is 0 Å². The number of nitrogens with one attached hydrogen (secondary N) is 1. The third-order valence-electron chi connectivity index (χ3n) is 6.31. The van der Waals surface area contributed by atoms with Gasteiger partial charge in [-0.05, 0) is 48.7 Å². The molecule has 2 aromatic carbocycles. The van der Waals surface area contributed by atoms with E-state index in [0.717, 1.165) is 47.5 Å². The quantitative estimate of drug-likeness (QED) is 0.512. The van der Waals surface area contributed by atoms with Gasteiger partial charge in [0.15, 0.2) is 0 Å². The second-order valence-corrected chi connectivity index (χ2v) is 10.4. The van der Waals surface area contributed by atoms with Crippen LogP contribution in [-0.2, 0) is 27.6 Å². The standard InChI is InChI=1S/C24H23F3N4O5S/c25-24(26,27)36-17-7-9-18(10-8-17)37(33,34)30-19-12-35-13-21(22(19)32)31-20-4-2-1-3-15(20)5-6-16-11-28-14-29-23(16)31/h1-4,7-11,14,19,21-22,30,32H,5-6,12-13H2/t19-,21?,22-/m0/s1. The predicted molar refractivity (Wildman–Crippen MR) is 126 cm³/mol. The first-order valence-corrected chi connectivity index (χ1v) is 12.9. The number of fused-ring (bicyclic) bond motifs is 2. The molecule has 2 aliphatic rings. The van der Waals surface area contributed by atoms with Crippen molar-refractivity contribution in [3.8, 4) is 5.75 Å². The lowest BCUT2D eigenvalue weighted by atomic mass is 9.99. The third-order valence-corrected chi connectivity index (χ3v) is 7.81. The number of aliphatic hydroxyl groups is 1. The lowest BCUT2D eigenvalue weighted by Crippen LogP contribution is -2.60. The molecule has 1 saturated heterocycles. The van der Waals surface area contributed by atoms with E-state index in [9.17, 15) is 26.7 Å². The molecule has 3 aromatic rings. The molecule has 13 heteroatoms. The van der Waals surface area contributed by atoms with Crippen LogP contribution < -0.4 is 14.4 Å². The van der Waals surface area contributed by atoms with Gasteiger partial charge >= 0.3 is 6.36 Å². The van der Waals surface area contributed by atoms with Crippen LogP contribution in [0, 0.1) is 0 Å². The molecule has 9 nitrogen and oxygen atoms in total. The van der Waals surface area contributed by atoms with E-state index in [1.807, 2.05) is 29.2 Å². The third kappa shape index (κ3) is 5.39. The number of hydrogen-bond acceptors (Lipinski definition) is 8. The van der Waals surface area contributed by atoms with E-state index in [0.29, 0.717) is 12.2 Å². The maximum atomic E-state index is 13.0.